The second kappa shape index (κ2) is 5.90. The standard InChI is InChI=1S/C11H17N3O/c1-13-11(12)14-7-6-9-4-3-5-10(8-9)15-2/h3-5,8H,6-7H2,1-2H3,(H3,12,13,14). The monoisotopic (exact) mass is 207 g/mol. The Morgan fingerprint density at radius 2 is 2.33 bits per heavy atom. The minimum atomic E-state index is 0.470. The molecule has 0 atom stereocenters. The molecule has 0 aliphatic carbocycles. The van der Waals surface area contributed by atoms with Crippen LogP contribution >= 0.6 is 0 Å². The molecule has 0 unspecified atom stereocenters. The summed E-state index contributed by atoms with van der Waals surface area (Å²) in [4.78, 5) is 3.81. The van der Waals surface area contributed by atoms with Crippen molar-refractivity contribution in [3.05, 3.63) is 29.8 Å². The van der Waals surface area contributed by atoms with Crippen molar-refractivity contribution in [3.8, 4) is 5.75 Å². The molecule has 1 rings (SSSR count). The van der Waals surface area contributed by atoms with E-state index in [1.165, 1.54) is 5.56 Å². The van der Waals surface area contributed by atoms with Gasteiger partial charge in [0.05, 0.1) is 7.11 Å². The second-order valence-corrected chi connectivity index (χ2v) is 3.14. The van der Waals surface area contributed by atoms with E-state index in [-0.39, 0.29) is 0 Å². The summed E-state index contributed by atoms with van der Waals surface area (Å²) in [6.45, 7) is 0.774. The van der Waals surface area contributed by atoms with Crippen molar-refractivity contribution >= 4 is 5.96 Å². The number of methoxy groups -OCH3 is 1. The number of rotatable bonds is 4. The Kier molecular flexibility index (Phi) is 4.47. The van der Waals surface area contributed by atoms with Crippen LogP contribution in [0.3, 0.4) is 0 Å². The maximum absolute atomic E-state index is 5.51. The predicted octanol–water partition coefficient (Wildman–Crippen LogP) is 0.772. The van der Waals surface area contributed by atoms with Crippen molar-refractivity contribution in [1.82, 2.24) is 5.32 Å². The maximum atomic E-state index is 5.51. The van der Waals surface area contributed by atoms with Crippen LogP contribution in [0.4, 0.5) is 0 Å². The van der Waals surface area contributed by atoms with Crippen LogP contribution in [0.2, 0.25) is 0 Å². The lowest BCUT2D eigenvalue weighted by Gasteiger charge is -2.06. The van der Waals surface area contributed by atoms with Gasteiger partial charge in [-0.3, -0.25) is 4.99 Å². The number of benzene rings is 1. The SMILES string of the molecule is CN=C(N)NCCc1cccc(OC)c1. The van der Waals surface area contributed by atoms with Gasteiger partial charge in [0.25, 0.3) is 0 Å². The van der Waals surface area contributed by atoms with Crippen LogP contribution < -0.4 is 15.8 Å². The van der Waals surface area contributed by atoms with Crippen molar-refractivity contribution in [2.45, 2.75) is 6.42 Å². The molecule has 0 saturated heterocycles. The van der Waals surface area contributed by atoms with E-state index in [0.29, 0.717) is 5.96 Å². The first-order valence-corrected chi connectivity index (χ1v) is 4.85. The molecule has 4 heteroatoms. The van der Waals surface area contributed by atoms with E-state index in [1.54, 1.807) is 14.2 Å². The van der Waals surface area contributed by atoms with Gasteiger partial charge in [-0.15, -0.1) is 0 Å². The first-order chi connectivity index (χ1) is 7.26. The first-order valence-electron chi connectivity index (χ1n) is 4.85. The van der Waals surface area contributed by atoms with Gasteiger partial charge in [0.1, 0.15) is 5.75 Å². The molecule has 82 valence electrons. The number of hydrogen-bond donors (Lipinski definition) is 2. The number of nitrogens with zero attached hydrogens (tertiary/aromatic N) is 1. The fraction of sp³-hybridized carbons (Fsp3) is 0.364. The van der Waals surface area contributed by atoms with Gasteiger partial charge in [-0.2, -0.15) is 0 Å². The zero-order valence-electron chi connectivity index (χ0n) is 9.16. The molecule has 15 heavy (non-hydrogen) atoms. The Balaban J connectivity index is 2.43. The average Bonchev–Trinajstić information content (AvgIpc) is 2.29. The highest BCUT2D eigenvalue weighted by Gasteiger charge is 1.96. The van der Waals surface area contributed by atoms with Gasteiger partial charge < -0.3 is 15.8 Å². The van der Waals surface area contributed by atoms with Crippen LogP contribution in [-0.4, -0.2) is 26.7 Å². The van der Waals surface area contributed by atoms with Crippen molar-refractivity contribution in [2.75, 3.05) is 20.7 Å². The molecule has 3 N–H and O–H groups in total. The lowest BCUT2D eigenvalue weighted by atomic mass is 10.1. The highest BCUT2D eigenvalue weighted by molar-refractivity contribution is 5.77. The highest BCUT2D eigenvalue weighted by atomic mass is 16.5. The minimum absolute atomic E-state index is 0.470. The Hall–Kier alpha value is -1.71. The van der Waals surface area contributed by atoms with E-state index in [4.69, 9.17) is 10.5 Å². The molecule has 0 spiro atoms. The molecule has 0 aromatic heterocycles. The largest absolute Gasteiger partial charge is 0.497 e. The predicted molar refractivity (Wildman–Crippen MR) is 62.2 cm³/mol. The number of guanidine groups is 1. The summed E-state index contributed by atoms with van der Waals surface area (Å²) in [5.41, 5.74) is 6.72. The van der Waals surface area contributed by atoms with E-state index in [2.05, 4.69) is 16.4 Å². The molecule has 0 heterocycles. The summed E-state index contributed by atoms with van der Waals surface area (Å²) in [5.74, 6) is 1.35. The summed E-state index contributed by atoms with van der Waals surface area (Å²) in [7, 11) is 3.33. The number of nitrogens with one attached hydrogen (secondary N) is 1. The Morgan fingerprint density at radius 1 is 1.53 bits per heavy atom. The molecule has 0 amide bonds. The summed E-state index contributed by atoms with van der Waals surface area (Å²) in [6.07, 6.45) is 0.896. The number of nitrogens with two attached hydrogens (primary N) is 1. The Bertz CT molecular complexity index is 336. The molecule has 0 bridgehead atoms. The van der Waals surface area contributed by atoms with E-state index in [0.717, 1.165) is 18.7 Å². The van der Waals surface area contributed by atoms with Crippen LogP contribution in [0.5, 0.6) is 5.75 Å². The normalized spacial score (nSPS) is 11.2. The summed E-state index contributed by atoms with van der Waals surface area (Å²) in [6, 6.07) is 7.98. The fourth-order valence-electron chi connectivity index (χ4n) is 1.24. The third-order valence-corrected chi connectivity index (χ3v) is 2.09. The van der Waals surface area contributed by atoms with Crippen LogP contribution in [0.1, 0.15) is 5.56 Å². The van der Waals surface area contributed by atoms with Gasteiger partial charge in [-0.25, -0.2) is 0 Å². The van der Waals surface area contributed by atoms with Gasteiger partial charge in [0.15, 0.2) is 5.96 Å². The van der Waals surface area contributed by atoms with Crippen LogP contribution in [0.15, 0.2) is 29.3 Å². The fourth-order valence-corrected chi connectivity index (χ4v) is 1.24. The van der Waals surface area contributed by atoms with Gasteiger partial charge in [0, 0.05) is 13.6 Å². The topological polar surface area (TPSA) is 59.6 Å². The first kappa shape index (κ1) is 11.4. The van der Waals surface area contributed by atoms with Crippen LogP contribution in [0.25, 0.3) is 0 Å². The second-order valence-electron chi connectivity index (χ2n) is 3.14. The molecule has 0 saturated carbocycles. The molecule has 1 aromatic carbocycles. The zero-order valence-corrected chi connectivity index (χ0v) is 9.16. The van der Waals surface area contributed by atoms with Crippen LogP contribution in [0, 0.1) is 0 Å². The number of aliphatic imine (C=N–C) groups is 1. The third kappa shape index (κ3) is 3.89. The molecule has 1 aromatic rings. The molecule has 0 radical (unpaired) electrons. The summed E-state index contributed by atoms with van der Waals surface area (Å²) in [5, 5.41) is 3.01. The molecule has 0 aliphatic rings. The Morgan fingerprint density at radius 3 is 3.00 bits per heavy atom. The number of ether oxygens (including phenoxy) is 1. The van der Waals surface area contributed by atoms with E-state index >= 15 is 0 Å². The Labute approximate surface area is 90.2 Å². The molecule has 0 fully saturated rings. The van der Waals surface area contributed by atoms with Gasteiger partial charge in [-0.05, 0) is 24.1 Å². The lowest BCUT2D eigenvalue weighted by molar-refractivity contribution is 0.414. The zero-order chi connectivity index (χ0) is 11.1. The summed E-state index contributed by atoms with van der Waals surface area (Å²) >= 11 is 0. The van der Waals surface area contributed by atoms with Crippen molar-refractivity contribution < 1.29 is 4.74 Å². The lowest BCUT2D eigenvalue weighted by Crippen LogP contribution is -2.32. The highest BCUT2D eigenvalue weighted by Crippen LogP contribution is 2.12. The maximum Gasteiger partial charge on any atom is 0.188 e. The quantitative estimate of drug-likeness (QED) is 0.566. The molecular formula is C11H17N3O. The van der Waals surface area contributed by atoms with Crippen molar-refractivity contribution in [1.29, 1.82) is 0 Å². The average molecular weight is 207 g/mol. The van der Waals surface area contributed by atoms with E-state index < -0.39 is 0 Å². The van der Waals surface area contributed by atoms with Gasteiger partial charge >= 0.3 is 0 Å². The van der Waals surface area contributed by atoms with Crippen molar-refractivity contribution in [3.63, 3.8) is 0 Å². The summed E-state index contributed by atoms with van der Waals surface area (Å²) < 4.78 is 5.13. The van der Waals surface area contributed by atoms with Crippen molar-refractivity contribution in [2.24, 2.45) is 10.7 Å². The van der Waals surface area contributed by atoms with E-state index in [1.807, 2.05) is 18.2 Å². The minimum Gasteiger partial charge on any atom is -0.497 e. The molecule has 0 aliphatic heterocycles. The molecular weight excluding hydrogens is 190 g/mol. The van der Waals surface area contributed by atoms with Crippen LogP contribution in [-0.2, 0) is 6.42 Å². The number of hydrogen-bond acceptors (Lipinski definition) is 2. The van der Waals surface area contributed by atoms with Gasteiger partial charge in [-0.1, -0.05) is 12.1 Å². The molecule has 4 nitrogen and oxygen atoms in total. The van der Waals surface area contributed by atoms with E-state index in [9.17, 15) is 0 Å². The third-order valence-electron chi connectivity index (χ3n) is 2.09. The van der Waals surface area contributed by atoms with Gasteiger partial charge in [0.2, 0.25) is 0 Å². The smallest absolute Gasteiger partial charge is 0.188 e.